The Morgan fingerprint density at radius 3 is 2.43 bits per heavy atom. The summed E-state index contributed by atoms with van der Waals surface area (Å²) in [4.78, 5) is 16.5. The molecule has 0 fully saturated rings. The first-order chi connectivity index (χ1) is 14.2. The Bertz CT molecular complexity index is 1120. The second-order valence-electron chi connectivity index (χ2n) is 7.26. The maximum Gasteiger partial charge on any atom is 0.573 e. The zero-order valence-corrected chi connectivity index (χ0v) is 15.8. The zero-order chi connectivity index (χ0) is 21.5. The number of aryl methyl sites for hydroxylation is 2. The molecular formula is C22H18F3NO4. The average Bonchev–Trinajstić information content (AvgIpc) is 2.68. The van der Waals surface area contributed by atoms with Gasteiger partial charge in [-0.1, -0.05) is 24.3 Å². The van der Waals surface area contributed by atoms with Gasteiger partial charge in [0, 0.05) is 11.8 Å². The van der Waals surface area contributed by atoms with Gasteiger partial charge in [0.05, 0.1) is 11.2 Å². The molecule has 0 saturated heterocycles. The summed E-state index contributed by atoms with van der Waals surface area (Å²) in [5.74, 6) is -2.05. The van der Waals surface area contributed by atoms with Gasteiger partial charge >= 0.3 is 12.3 Å². The van der Waals surface area contributed by atoms with E-state index in [1.165, 1.54) is 24.3 Å². The van der Waals surface area contributed by atoms with Crippen LogP contribution < -0.4 is 4.74 Å². The predicted octanol–water partition coefficient (Wildman–Crippen LogP) is 5.01. The highest BCUT2D eigenvalue weighted by Gasteiger charge is 2.31. The number of carboxylic acids is 1. The van der Waals surface area contributed by atoms with Crippen LogP contribution >= 0.6 is 0 Å². The summed E-state index contributed by atoms with van der Waals surface area (Å²) < 4.78 is 40.8. The average molecular weight is 417 g/mol. The third-order valence-corrected chi connectivity index (χ3v) is 5.27. The lowest BCUT2D eigenvalue weighted by molar-refractivity contribution is -0.274. The van der Waals surface area contributed by atoms with Crippen LogP contribution in [0.2, 0.25) is 0 Å². The van der Waals surface area contributed by atoms with E-state index in [1.807, 2.05) is 6.07 Å². The first-order valence-corrected chi connectivity index (χ1v) is 9.47. The number of aromatic nitrogens is 1. The minimum atomic E-state index is -4.78. The third-order valence-electron chi connectivity index (χ3n) is 5.27. The maximum atomic E-state index is 12.3. The molecule has 0 radical (unpaired) electrons. The number of nitrogens with zero attached hydrogens (tertiary/aromatic N) is 1. The molecule has 30 heavy (non-hydrogen) atoms. The van der Waals surface area contributed by atoms with Crippen molar-refractivity contribution in [2.75, 3.05) is 0 Å². The summed E-state index contributed by atoms with van der Waals surface area (Å²) in [6, 6.07) is 8.76. The molecule has 2 N–H and O–H groups in total. The lowest BCUT2D eigenvalue weighted by Crippen LogP contribution is -2.17. The minimum Gasteiger partial charge on any atom is -0.505 e. The highest BCUT2D eigenvalue weighted by atomic mass is 19.4. The maximum absolute atomic E-state index is 12.3. The highest BCUT2D eigenvalue weighted by molar-refractivity contribution is 6.06. The lowest BCUT2D eigenvalue weighted by atomic mass is 9.88. The van der Waals surface area contributed by atoms with Gasteiger partial charge in [-0.2, -0.15) is 0 Å². The second-order valence-corrected chi connectivity index (χ2v) is 7.26. The number of benzene rings is 2. The van der Waals surface area contributed by atoms with Crippen LogP contribution in [0.3, 0.4) is 0 Å². The highest BCUT2D eigenvalue weighted by Crippen LogP contribution is 2.35. The molecule has 1 aliphatic carbocycles. The summed E-state index contributed by atoms with van der Waals surface area (Å²) in [6.07, 6.45) is -1.000. The van der Waals surface area contributed by atoms with E-state index in [0.717, 1.165) is 36.8 Å². The van der Waals surface area contributed by atoms with Gasteiger partial charge in [-0.25, -0.2) is 9.78 Å². The topological polar surface area (TPSA) is 79.7 Å². The van der Waals surface area contributed by atoms with Gasteiger partial charge in [-0.3, -0.25) is 0 Å². The van der Waals surface area contributed by atoms with Crippen LogP contribution in [0.15, 0.2) is 36.4 Å². The van der Waals surface area contributed by atoms with E-state index in [0.29, 0.717) is 16.5 Å². The SMILES string of the molecule is O=C(O)c1c(O)c(Cc2ccc(OC(F)(F)F)cc2)nc2c3c(ccc12)CCCC3. The van der Waals surface area contributed by atoms with Crippen LogP contribution in [0.25, 0.3) is 10.9 Å². The van der Waals surface area contributed by atoms with Crippen LogP contribution in [0.5, 0.6) is 11.5 Å². The fourth-order valence-electron chi connectivity index (χ4n) is 3.94. The van der Waals surface area contributed by atoms with Crippen molar-refractivity contribution in [2.24, 2.45) is 0 Å². The molecule has 0 atom stereocenters. The van der Waals surface area contributed by atoms with Crippen molar-refractivity contribution >= 4 is 16.9 Å². The van der Waals surface area contributed by atoms with Gasteiger partial charge in [0.25, 0.3) is 0 Å². The molecule has 156 valence electrons. The standard InChI is InChI=1S/C22H18F3NO4/c23-22(24,25)30-14-8-5-12(6-9-14)11-17-20(27)18(21(28)29)16-10-7-13-3-1-2-4-15(13)19(16)26-17/h5-10,27H,1-4,11H2,(H,28,29). The summed E-state index contributed by atoms with van der Waals surface area (Å²) >= 11 is 0. The number of aromatic hydroxyl groups is 1. The fraction of sp³-hybridized carbons (Fsp3) is 0.273. The Labute approximate surface area is 169 Å². The number of pyridine rings is 1. The lowest BCUT2D eigenvalue weighted by Gasteiger charge is -2.19. The Morgan fingerprint density at radius 2 is 1.77 bits per heavy atom. The first kappa shape index (κ1) is 20.0. The number of ether oxygens (including phenoxy) is 1. The molecule has 0 unspecified atom stereocenters. The number of hydrogen-bond donors (Lipinski definition) is 2. The van der Waals surface area contributed by atoms with Gasteiger partial charge in [0.2, 0.25) is 0 Å². The van der Waals surface area contributed by atoms with Crippen molar-refractivity contribution in [3.8, 4) is 11.5 Å². The van der Waals surface area contributed by atoms with Crippen molar-refractivity contribution in [1.82, 2.24) is 4.98 Å². The van der Waals surface area contributed by atoms with Gasteiger partial charge in [-0.05, 0) is 54.5 Å². The van der Waals surface area contributed by atoms with Crippen molar-refractivity contribution in [3.05, 3.63) is 64.3 Å². The van der Waals surface area contributed by atoms with Crippen LogP contribution in [0.4, 0.5) is 13.2 Å². The Morgan fingerprint density at radius 1 is 1.07 bits per heavy atom. The van der Waals surface area contributed by atoms with Crippen LogP contribution in [-0.2, 0) is 19.3 Å². The largest absolute Gasteiger partial charge is 0.573 e. The van der Waals surface area contributed by atoms with E-state index in [-0.39, 0.29) is 23.4 Å². The van der Waals surface area contributed by atoms with Gasteiger partial charge in [0.1, 0.15) is 11.3 Å². The van der Waals surface area contributed by atoms with Crippen molar-refractivity contribution < 1.29 is 32.9 Å². The number of hydrogen-bond acceptors (Lipinski definition) is 4. The smallest absolute Gasteiger partial charge is 0.505 e. The van der Waals surface area contributed by atoms with Crippen molar-refractivity contribution in [1.29, 1.82) is 0 Å². The summed E-state index contributed by atoms with van der Waals surface area (Å²) in [6.45, 7) is 0. The molecule has 8 heteroatoms. The van der Waals surface area contributed by atoms with E-state index in [4.69, 9.17) is 0 Å². The summed E-state index contributed by atoms with van der Waals surface area (Å²) in [7, 11) is 0. The Kier molecular flexibility index (Phi) is 5.01. The number of rotatable bonds is 4. The molecule has 3 aromatic rings. The molecule has 0 amide bonds. The molecule has 0 saturated carbocycles. The fourth-order valence-corrected chi connectivity index (χ4v) is 3.94. The monoisotopic (exact) mass is 417 g/mol. The first-order valence-electron chi connectivity index (χ1n) is 9.47. The van der Waals surface area contributed by atoms with Crippen molar-refractivity contribution in [3.63, 3.8) is 0 Å². The molecule has 1 aromatic heterocycles. The molecule has 5 nitrogen and oxygen atoms in total. The minimum absolute atomic E-state index is 0.0675. The zero-order valence-electron chi connectivity index (χ0n) is 15.8. The predicted molar refractivity (Wildman–Crippen MR) is 103 cm³/mol. The van der Waals surface area contributed by atoms with Crippen LogP contribution in [0.1, 0.15) is 45.6 Å². The van der Waals surface area contributed by atoms with Crippen molar-refractivity contribution in [2.45, 2.75) is 38.5 Å². The molecule has 0 spiro atoms. The van der Waals surface area contributed by atoms with E-state index in [2.05, 4.69) is 9.72 Å². The second kappa shape index (κ2) is 7.51. The van der Waals surface area contributed by atoms with E-state index < -0.39 is 18.1 Å². The van der Waals surface area contributed by atoms with Gasteiger partial charge in [-0.15, -0.1) is 13.2 Å². The summed E-state index contributed by atoms with van der Waals surface area (Å²) in [5, 5.41) is 20.7. The molecule has 4 rings (SSSR count). The van der Waals surface area contributed by atoms with E-state index in [9.17, 15) is 28.2 Å². The molecule has 2 aromatic carbocycles. The van der Waals surface area contributed by atoms with Crippen LogP contribution in [0, 0.1) is 0 Å². The summed E-state index contributed by atoms with van der Waals surface area (Å²) in [5.41, 5.74) is 3.21. The molecule has 1 heterocycles. The third kappa shape index (κ3) is 3.90. The molecule has 1 aliphatic rings. The Hall–Kier alpha value is -3.29. The molecule has 0 aliphatic heterocycles. The normalized spacial score (nSPS) is 13.8. The number of halogens is 3. The molecule has 0 bridgehead atoms. The Balaban J connectivity index is 1.77. The van der Waals surface area contributed by atoms with Gasteiger partial charge < -0.3 is 14.9 Å². The number of carboxylic acid groups (broad SMARTS) is 1. The number of alkyl halides is 3. The van der Waals surface area contributed by atoms with E-state index >= 15 is 0 Å². The van der Waals surface area contributed by atoms with E-state index in [1.54, 1.807) is 6.07 Å². The number of carbonyl (C=O) groups is 1. The quantitative estimate of drug-likeness (QED) is 0.624. The van der Waals surface area contributed by atoms with Gasteiger partial charge in [0.15, 0.2) is 5.75 Å². The van der Waals surface area contributed by atoms with Crippen LogP contribution in [-0.4, -0.2) is 27.5 Å². The number of aromatic carboxylic acids is 1. The number of fused-ring (bicyclic) bond motifs is 3. The molecular weight excluding hydrogens is 399 g/mol.